The van der Waals surface area contributed by atoms with Crippen molar-refractivity contribution in [2.24, 2.45) is 5.73 Å². The Morgan fingerprint density at radius 1 is 1.29 bits per heavy atom. The second-order valence-corrected chi connectivity index (χ2v) is 4.42. The van der Waals surface area contributed by atoms with E-state index in [-0.39, 0.29) is 0 Å². The molecule has 6 heteroatoms. The lowest BCUT2D eigenvalue weighted by Crippen LogP contribution is -2.12. The summed E-state index contributed by atoms with van der Waals surface area (Å²) < 4.78 is 37.6. The van der Waals surface area contributed by atoms with E-state index in [0.717, 1.165) is 17.0 Å². The lowest BCUT2D eigenvalue weighted by atomic mass is 10.0. The molecule has 2 nitrogen and oxygen atoms in total. The monoisotopic (exact) mass is 258 g/mol. The maximum absolute atomic E-state index is 12.5. The highest BCUT2D eigenvalue weighted by Crippen LogP contribution is 2.31. The van der Waals surface area contributed by atoms with Crippen molar-refractivity contribution >= 4 is 11.3 Å². The molecule has 2 N–H and O–H groups in total. The van der Waals surface area contributed by atoms with Crippen molar-refractivity contribution in [3.8, 4) is 0 Å². The molecular weight excluding hydrogens is 249 g/mol. The third-order valence-corrected chi connectivity index (χ3v) is 3.19. The molecule has 1 aromatic heterocycles. The number of halogens is 3. The Kier molecular flexibility index (Phi) is 3.17. The lowest BCUT2D eigenvalue weighted by molar-refractivity contribution is -0.137. The number of nitrogens with zero attached hydrogens (tertiary/aromatic N) is 1. The van der Waals surface area contributed by atoms with E-state index in [1.165, 1.54) is 17.4 Å². The van der Waals surface area contributed by atoms with E-state index in [1.807, 2.05) is 0 Å². The van der Waals surface area contributed by atoms with Gasteiger partial charge in [0.05, 0.1) is 17.1 Å². The molecule has 0 aliphatic carbocycles. The normalized spacial score (nSPS) is 13.6. The van der Waals surface area contributed by atoms with Gasteiger partial charge in [-0.15, -0.1) is 11.3 Å². The van der Waals surface area contributed by atoms with Gasteiger partial charge in [-0.25, -0.2) is 0 Å². The number of hydrogen-bond acceptors (Lipinski definition) is 3. The van der Waals surface area contributed by atoms with E-state index < -0.39 is 17.8 Å². The van der Waals surface area contributed by atoms with Crippen LogP contribution in [0.1, 0.15) is 22.0 Å². The Morgan fingerprint density at radius 2 is 2.06 bits per heavy atom. The Balaban J connectivity index is 2.34. The molecule has 0 amide bonds. The third-order valence-electron chi connectivity index (χ3n) is 2.33. The molecule has 2 aromatic rings. The molecule has 0 bridgehead atoms. The van der Waals surface area contributed by atoms with Crippen LogP contribution in [0.5, 0.6) is 0 Å². The van der Waals surface area contributed by atoms with Crippen molar-refractivity contribution in [2.75, 3.05) is 0 Å². The maximum atomic E-state index is 12.5. The summed E-state index contributed by atoms with van der Waals surface area (Å²) in [5.74, 6) is 0. The SMILES string of the molecule is NC(c1cccc(C(F)(F)F)c1)c1cncs1. The Morgan fingerprint density at radius 3 is 2.65 bits per heavy atom. The van der Waals surface area contributed by atoms with E-state index >= 15 is 0 Å². The second kappa shape index (κ2) is 4.46. The predicted molar refractivity (Wildman–Crippen MR) is 59.6 cm³/mol. The number of rotatable bonds is 2. The van der Waals surface area contributed by atoms with Gasteiger partial charge in [0.1, 0.15) is 0 Å². The molecule has 0 radical (unpaired) electrons. The van der Waals surface area contributed by atoms with Crippen LogP contribution in [0.4, 0.5) is 13.2 Å². The van der Waals surface area contributed by atoms with Gasteiger partial charge in [0, 0.05) is 11.1 Å². The van der Waals surface area contributed by atoms with Crippen LogP contribution in [0.15, 0.2) is 36.0 Å². The smallest absolute Gasteiger partial charge is 0.320 e. The highest BCUT2D eigenvalue weighted by atomic mass is 32.1. The van der Waals surface area contributed by atoms with Gasteiger partial charge in [0.2, 0.25) is 0 Å². The lowest BCUT2D eigenvalue weighted by Gasteiger charge is -2.12. The van der Waals surface area contributed by atoms with Crippen molar-refractivity contribution in [3.05, 3.63) is 52.0 Å². The van der Waals surface area contributed by atoms with Crippen LogP contribution in [-0.2, 0) is 6.18 Å². The highest BCUT2D eigenvalue weighted by molar-refractivity contribution is 7.09. The van der Waals surface area contributed by atoms with Crippen LogP contribution in [0.25, 0.3) is 0 Å². The fourth-order valence-corrected chi connectivity index (χ4v) is 2.10. The van der Waals surface area contributed by atoms with Crippen LogP contribution < -0.4 is 5.73 Å². The molecule has 0 saturated heterocycles. The zero-order valence-corrected chi connectivity index (χ0v) is 9.42. The molecular formula is C11H9F3N2S. The number of thiazole rings is 1. The zero-order chi connectivity index (χ0) is 12.5. The fraction of sp³-hybridized carbons (Fsp3) is 0.182. The predicted octanol–water partition coefficient (Wildman–Crippen LogP) is 3.21. The van der Waals surface area contributed by atoms with E-state index in [1.54, 1.807) is 17.8 Å². The first-order valence-corrected chi connectivity index (χ1v) is 5.67. The summed E-state index contributed by atoms with van der Waals surface area (Å²) >= 11 is 1.32. The number of nitrogens with two attached hydrogens (primary N) is 1. The van der Waals surface area contributed by atoms with E-state index in [4.69, 9.17) is 5.73 Å². The molecule has 0 aliphatic heterocycles. The standard InChI is InChI=1S/C11H9F3N2S/c12-11(13,14)8-3-1-2-7(4-8)10(15)9-5-16-6-17-9/h1-6,10H,15H2. The molecule has 1 atom stereocenters. The molecule has 1 unspecified atom stereocenters. The van der Waals surface area contributed by atoms with Gasteiger partial charge in [-0.05, 0) is 17.7 Å². The number of benzene rings is 1. The number of hydrogen-bond donors (Lipinski definition) is 1. The highest BCUT2D eigenvalue weighted by Gasteiger charge is 2.30. The molecule has 17 heavy (non-hydrogen) atoms. The first kappa shape index (κ1) is 12.1. The molecule has 1 aromatic carbocycles. The van der Waals surface area contributed by atoms with Crippen molar-refractivity contribution in [1.82, 2.24) is 4.98 Å². The van der Waals surface area contributed by atoms with Crippen molar-refractivity contribution in [3.63, 3.8) is 0 Å². The molecule has 0 spiro atoms. The average Bonchev–Trinajstić information content (AvgIpc) is 2.80. The summed E-state index contributed by atoms with van der Waals surface area (Å²) in [5, 5.41) is 0. The summed E-state index contributed by atoms with van der Waals surface area (Å²) in [5.41, 5.74) is 7.23. The van der Waals surface area contributed by atoms with Crippen molar-refractivity contribution in [1.29, 1.82) is 0 Å². The maximum Gasteiger partial charge on any atom is 0.416 e. The number of aromatic nitrogens is 1. The van der Waals surface area contributed by atoms with Gasteiger partial charge < -0.3 is 5.73 Å². The number of alkyl halides is 3. The van der Waals surface area contributed by atoms with Gasteiger partial charge >= 0.3 is 6.18 Å². The van der Waals surface area contributed by atoms with E-state index in [2.05, 4.69) is 4.98 Å². The van der Waals surface area contributed by atoms with Crippen LogP contribution in [-0.4, -0.2) is 4.98 Å². The Bertz CT molecular complexity index is 494. The van der Waals surface area contributed by atoms with Crippen LogP contribution in [0.3, 0.4) is 0 Å². The van der Waals surface area contributed by atoms with Crippen LogP contribution in [0, 0.1) is 0 Å². The van der Waals surface area contributed by atoms with E-state index in [9.17, 15) is 13.2 Å². The first-order valence-electron chi connectivity index (χ1n) is 4.79. The molecule has 90 valence electrons. The quantitative estimate of drug-likeness (QED) is 0.898. The summed E-state index contributed by atoms with van der Waals surface area (Å²) in [4.78, 5) is 4.60. The molecule has 1 heterocycles. The topological polar surface area (TPSA) is 38.9 Å². The van der Waals surface area contributed by atoms with Crippen LogP contribution >= 0.6 is 11.3 Å². The summed E-state index contributed by atoms with van der Waals surface area (Å²) in [7, 11) is 0. The molecule has 0 fully saturated rings. The molecule has 0 aliphatic rings. The van der Waals surface area contributed by atoms with Gasteiger partial charge in [0.15, 0.2) is 0 Å². The minimum absolute atomic E-state index is 0.434. The summed E-state index contributed by atoms with van der Waals surface area (Å²) in [6.07, 6.45) is -2.78. The zero-order valence-electron chi connectivity index (χ0n) is 8.61. The summed E-state index contributed by atoms with van der Waals surface area (Å²) in [6.45, 7) is 0. The minimum atomic E-state index is -4.34. The molecule has 0 saturated carbocycles. The van der Waals surface area contributed by atoms with Gasteiger partial charge in [-0.2, -0.15) is 13.2 Å². The summed E-state index contributed by atoms with van der Waals surface area (Å²) in [6, 6.07) is 4.48. The second-order valence-electron chi connectivity index (χ2n) is 3.50. The Hall–Kier alpha value is -1.40. The minimum Gasteiger partial charge on any atom is -0.320 e. The average molecular weight is 258 g/mol. The fourth-order valence-electron chi connectivity index (χ4n) is 1.45. The Labute approximate surface area is 99.9 Å². The largest absolute Gasteiger partial charge is 0.416 e. The van der Waals surface area contributed by atoms with Crippen molar-refractivity contribution in [2.45, 2.75) is 12.2 Å². The molecule has 2 rings (SSSR count). The first-order chi connectivity index (χ1) is 7.98. The third kappa shape index (κ3) is 2.65. The van der Waals surface area contributed by atoms with E-state index in [0.29, 0.717) is 5.56 Å². The van der Waals surface area contributed by atoms with Gasteiger partial charge in [-0.3, -0.25) is 4.98 Å². The van der Waals surface area contributed by atoms with Gasteiger partial charge in [0.25, 0.3) is 0 Å². The van der Waals surface area contributed by atoms with Crippen molar-refractivity contribution < 1.29 is 13.2 Å². The van der Waals surface area contributed by atoms with Gasteiger partial charge in [-0.1, -0.05) is 12.1 Å². The van der Waals surface area contributed by atoms with Crippen LogP contribution in [0.2, 0.25) is 0 Å².